The fourth-order valence-corrected chi connectivity index (χ4v) is 2.28. The van der Waals surface area contributed by atoms with Crippen LogP contribution in [-0.2, 0) is 0 Å². The Balaban J connectivity index is 2.65. The number of aryl methyl sites for hydroxylation is 1. The van der Waals surface area contributed by atoms with E-state index < -0.39 is 0 Å². The Bertz CT molecular complexity index is 576. The van der Waals surface area contributed by atoms with Crippen LogP contribution in [0.1, 0.15) is 17.0 Å². The topological polar surface area (TPSA) is 28.7 Å². The van der Waals surface area contributed by atoms with Crippen LogP contribution in [-0.4, -0.2) is 4.57 Å². The van der Waals surface area contributed by atoms with E-state index in [9.17, 15) is 0 Å². The van der Waals surface area contributed by atoms with Gasteiger partial charge in [0.1, 0.15) is 6.07 Å². The van der Waals surface area contributed by atoms with E-state index >= 15 is 0 Å². The molecule has 0 aliphatic carbocycles. The van der Waals surface area contributed by atoms with Crippen LogP contribution in [0.3, 0.4) is 0 Å². The highest BCUT2D eigenvalue weighted by atomic mass is 79.9. The molecule has 0 saturated heterocycles. The van der Waals surface area contributed by atoms with Gasteiger partial charge >= 0.3 is 0 Å². The van der Waals surface area contributed by atoms with Gasteiger partial charge in [-0.25, -0.2) is 0 Å². The smallest absolute Gasteiger partial charge is 0.101 e. The summed E-state index contributed by atoms with van der Waals surface area (Å²) < 4.78 is 3.12. The molecule has 2 nitrogen and oxygen atoms in total. The zero-order valence-electron chi connectivity index (χ0n) is 9.16. The molecule has 0 aliphatic rings. The standard InChI is InChI=1S/C13H11BrN2/c1-9-6-11(8-15)10(2)16(9)13-5-3-4-12(14)7-13/h3-7H,1-2H3. The van der Waals surface area contributed by atoms with Gasteiger partial charge in [0.25, 0.3) is 0 Å². The molecule has 16 heavy (non-hydrogen) atoms. The van der Waals surface area contributed by atoms with Crippen molar-refractivity contribution in [3.63, 3.8) is 0 Å². The molecule has 0 N–H and O–H groups in total. The van der Waals surface area contributed by atoms with Gasteiger partial charge in [0, 0.05) is 21.5 Å². The average molecular weight is 275 g/mol. The third-order valence-electron chi connectivity index (χ3n) is 2.62. The number of hydrogen-bond acceptors (Lipinski definition) is 1. The second-order valence-corrected chi connectivity index (χ2v) is 4.63. The van der Waals surface area contributed by atoms with Crippen molar-refractivity contribution in [2.24, 2.45) is 0 Å². The highest BCUT2D eigenvalue weighted by Crippen LogP contribution is 2.22. The lowest BCUT2D eigenvalue weighted by Gasteiger charge is -2.09. The van der Waals surface area contributed by atoms with Crippen LogP contribution in [0.25, 0.3) is 5.69 Å². The fourth-order valence-electron chi connectivity index (χ4n) is 1.89. The summed E-state index contributed by atoms with van der Waals surface area (Å²) >= 11 is 3.45. The van der Waals surface area contributed by atoms with Crippen molar-refractivity contribution in [2.45, 2.75) is 13.8 Å². The lowest BCUT2D eigenvalue weighted by molar-refractivity contribution is 0.963. The van der Waals surface area contributed by atoms with Crippen molar-refractivity contribution in [1.29, 1.82) is 5.26 Å². The molecule has 2 rings (SSSR count). The summed E-state index contributed by atoms with van der Waals surface area (Å²) in [5.41, 5.74) is 3.87. The molecule has 0 amide bonds. The Morgan fingerprint density at radius 1 is 1.25 bits per heavy atom. The number of nitriles is 1. The fraction of sp³-hybridized carbons (Fsp3) is 0.154. The maximum absolute atomic E-state index is 8.99. The largest absolute Gasteiger partial charge is 0.317 e. The first-order valence-electron chi connectivity index (χ1n) is 4.98. The first-order valence-corrected chi connectivity index (χ1v) is 5.78. The van der Waals surface area contributed by atoms with Crippen LogP contribution in [0, 0.1) is 25.2 Å². The summed E-state index contributed by atoms with van der Waals surface area (Å²) in [5.74, 6) is 0. The van der Waals surface area contributed by atoms with E-state index in [0.29, 0.717) is 0 Å². The number of aromatic nitrogens is 1. The predicted octanol–water partition coefficient (Wildman–Crippen LogP) is 3.73. The van der Waals surface area contributed by atoms with Crippen LogP contribution in [0.4, 0.5) is 0 Å². The Hall–Kier alpha value is -1.53. The molecule has 1 heterocycles. The van der Waals surface area contributed by atoms with E-state index in [1.807, 2.05) is 44.2 Å². The third kappa shape index (κ3) is 1.77. The van der Waals surface area contributed by atoms with Gasteiger partial charge in [0.05, 0.1) is 5.56 Å². The molecule has 3 heteroatoms. The van der Waals surface area contributed by atoms with Crippen molar-refractivity contribution in [3.05, 3.63) is 51.8 Å². The predicted molar refractivity (Wildman–Crippen MR) is 67.7 cm³/mol. The van der Waals surface area contributed by atoms with E-state index in [0.717, 1.165) is 27.1 Å². The molecule has 0 spiro atoms. The van der Waals surface area contributed by atoms with Crippen molar-refractivity contribution in [3.8, 4) is 11.8 Å². The van der Waals surface area contributed by atoms with Crippen molar-refractivity contribution in [1.82, 2.24) is 4.57 Å². The second kappa shape index (κ2) is 4.15. The van der Waals surface area contributed by atoms with E-state index in [1.54, 1.807) is 0 Å². The summed E-state index contributed by atoms with van der Waals surface area (Å²) in [5, 5.41) is 8.99. The van der Waals surface area contributed by atoms with Gasteiger partial charge in [-0.3, -0.25) is 0 Å². The number of nitrogens with zero attached hydrogens (tertiary/aromatic N) is 2. The van der Waals surface area contributed by atoms with Gasteiger partial charge in [0.2, 0.25) is 0 Å². The summed E-state index contributed by atoms with van der Waals surface area (Å²) in [6.45, 7) is 3.97. The Kier molecular flexibility index (Phi) is 2.84. The Morgan fingerprint density at radius 3 is 2.56 bits per heavy atom. The third-order valence-corrected chi connectivity index (χ3v) is 3.11. The molecular formula is C13H11BrN2. The van der Waals surface area contributed by atoms with Crippen molar-refractivity contribution in [2.75, 3.05) is 0 Å². The second-order valence-electron chi connectivity index (χ2n) is 3.71. The maximum atomic E-state index is 8.99. The van der Waals surface area contributed by atoms with Gasteiger partial charge in [-0.15, -0.1) is 0 Å². The molecule has 1 aromatic heterocycles. The molecule has 0 fully saturated rings. The summed E-state index contributed by atoms with van der Waals surface area (Å²) in [4.78, 5) is 0. The molecule has 0 bridgehead atoms. The number of rotatable bonds is 1. The van der Waals surface area contributed by atoms with Gasteiger partial charge in [-0.1, -0.05) is 22.0 Å². The minimum absolute atomic E-state index is 0.734. The number of halogens is 1. The molecule has 0 atom stereocenters. The molecule has 0 radical (unpaired) electrons. The molecule has 80 valence electrons. The molecule has 2 aromatic rings. The molecule has 0 saturated carbocycles. The van der Waals surface area contributed by atoms with Gasteiger partial charge in [-0.05, 0) is 38.1 Å². The highest BCUT2D eigenvalue weighted by Gasteiger charge is 2.09. The summed E-state index contributed by atoms with van der Waals surface area (Å²) in [6, 6.07) is 12.2. The molecular weight excluding hydrogens is 264 g/mol. The normalized spacial score (nSPS) is 10.1. The lowest BCUT2D eigenvalue weighted by Crippen LogP contribution is -1.98. The summed E-state index contributed by atoms with van der Waals surface area (Å²) in [7, 11) is 0. The minimum Gasteiger partial charge on any atom is -0.317 e. The van der Waals surface area contributed by atoms with E-state index in [-0.39, 0.29) is 0 Å². The highest BCUT2D eigenvalue weighted by molar-refractivity contribution is 9.10. The summed E-state index contributed by atoms with van der Waals surface area (Å²) in [6.07, 6.45) is 0. The van der Waals surface area contributed by atoms with Gasteiger partial charge in [-0.2, -0.15) is 5.26 Å². The molecule has 1 aromatic carbocycles. The first-order chi connectivity index (χ1) is 7.63. The van der Waals surface area contributed by atoms with Gasteiger partial charge < -0.3 is 4.57 Å². The zero-order chi connectivity index (χ0) is 11.7. The van der Waals surface area contributed by atoms with E-state index in [4.69, 9.17) is 5.26 Å². The zero-order valence-corrected chi connectivity index (χ0v) is 10.7. The lowest BCUT2D eigenvalue weighted by atomic mass is 10.2. The number of benzene rings is 1. The first kappa shape index (κ1) is 11.0. The van der Waals surface area contributed by atoms with E-state index in [1.165, 1.54) is 0 Å². The van der Waals surface area contributed by atoms with E-state index in [2.05, 4.69) is 26.6 Å². The molecule has 0 aliphatic heterocycles. The van der Waals surface area contributed by atoms with Crippen molar-refractivity contribution < 1.29 is 0 Å². The Labute approximate surface area is 103 Å². The maximum Gasteiger partial charge on any atom is 0.101 e. The van der Waals surface area contributed by atoms with Crippen LogP contribution >= 0.6 is 15.9 Å². The monoisotopic (exact) mass is 274 g/mol. The number of hydrogen-bond donors (Lipinski definition) is 0. The van der Waals surface area contributed by atoms with Crippen LogP contribution in [0.2, 0.25) is 0 Å². The average Bonchev–Trinajstić information content (AvgIpc) is 2.53. The quantitative estimate of drug-likeness (QED) is 0.779. The van der Waals surface area contributed by atoms with Crippen LogP contribution in [0.15, 0.2) is 34.8 Å². The van der Waals surface area contributed by atoms with Crippen LogP contribution < -0.4 is 0 Å². The van der Waals surface area contributed by atoms with Gasteiger partial charge in [0.15, 0.2) is 0 Å². The van der Waals surface area contributed by atoms with Crippen LogP contribution in [0.5, 0.6) is 0 Å². The Morgan fingerprint density at radius 2 is 2.00 bits per heavy atom. The molecule has 0 unspecified atom stereocenters. The SMILES string of the molecule is Cc1cc(C#N)c(C)n1-c1cccc(Br)c1. The minimum atomic E-state index is 0.734. The van der Waals surface area contributed by atoms with Crippen molar-refractivity contribution >= 4 is 15.9 Å².